The minimum Gasteiger partial charge on any atom is -0.491 e. The number of nitrogens with two attached hydrogens (primary N) is 1. The first-order valence-corrected chi connectivity index (χ1v) is 6.96. The van der Waals surface area contributed by atoms with Gasteiger partial charge in [0.15, 0.2) is 0 Å². The molecule has 1 aliphatic rings. The number of anilines is 1. The van der Waals surface area contributed by atoms with Crippen molar-refractivity contribution in [2.45, 2.75) is 45.3 Å². The van der Waals surface area contributed by atoms with Crippen LogP contribution in [0.4, 0.5) is 5.69 Å². The zero-order chi connectivity index (χ0) is 13.0. The maximum Gasteiger partial charge on any atom is 0.119 e. The molecule has 0 aromatic heterocycles. The van der Waals surface area contributed by atoms with Crippen LogP contribution in [-0.2, 0) is 0 Å². The van der Waals surface area contributed by atoms with E-state index in [0.29, 0.717) is 6.04 Å². The van der Waals surface area contributed by atoms with Gasteiger partial charge < -0.3 is 15.4 Å². The van der Waals surface area contributed by atoms with Gasteiger partial charge in [-0.05, 0) is 50.5 Å². The van der Waals surface area contributed by atoms with Gasteiger partial charge in [-0.3, -0.25) is 0 Å². The molecule has 3 nitrogen and oxygen atoms in total. The Morgan fingerprint density at radius 1 is 1.28 bits per heavy atom. The minimum atomic E-state index is 0.281. The Morgan fingerprint density at radius 3 is 2.44 bits per heavy atom. The molecule has 0 saturated carbocycles. The summed E-state index contributed by atoms with van der Waals surface area (Å²) < 4.78 is 5.78. The van der Waals surface area contributed by atoms with Crippen molar-refractivity contribution < 1.29 is 4.74 Å². The number of hydrogen-bond acceptors (Lipinski definition) is 3. The molecule has 100 valence electrons. The van der Waals surface area contributed by atoms with Crippen molar-refractivity contribution >= 4 is 5.69 Å². The van der Waals surface area contributed by atoms with Crippen LogP contribution < -0.4 is 15.4 Å². The van der Waals surface area contributed by atoms with Crippen molar-refractivity contribution in [1.82, 2.24) is 0 Å². The summed E-state index contributed by atoms with van der Waals surface area (Å²) in [5.74, 6) is 0.960. The van der Waals surface area contributed by atoms with Crippen LogP contribution in [0.5, 0.6) is 5.75 Å². The molecule has 3 heteroatoms. The molecule has 1 unspecified atom stereocenters. The Kier molecular flexibility index (Phi) is 4.48. The Labute approximate surface area is 110 Å². The van der Waals surface area contributed by atoms with Crippen molar-refractivity contribution in [3.63, 3.8) is 0 Å². The van der Waals surface area contributed by atoms with Gasteiger partial charge in [-0.15, -0.1) is 0 Å². The lowest BCUT2D eigenvalue weighted by atomic mass is 10.1. The van der Waals surface area contributed by atoms with Crippen LogP contribution in [0.1, 0.15) is 33.1 Å². The monoisotopic (exact) mass is 248 g/mol. The molecule has 0 aliphatic carbocycles. The highest BCUT2D eigenvalue weighted by molar-refractivity contribution is 5.49. The highest BCUT2D eigenvalue weighted by Gasteiger charge is 2.16. The van der Waals surface area contributed by atoms with Crippen molar-refractivity contribution in [1.29, 1.82) is 0 Å². The van der Waals surface area contributed by atoms with E-state index >= 15 is 0 Å². The standard InChI is InChI=1S/C15H24N2O/c1-3-12(2)18-15-6-4-14(5-7-15)17-10-8-13(16)9-11-17/h4-7,12-13H,3,8-11,16H2,1-2H3. The number of nitrogens with zero attached hydrogens (tertiary/aromatic N) is 1. The molecule has 1 aromatic rings. The second-order valence-electron chi connectivity index (χ2n) is 5.16. The molecule has 0 bridgehead atoms. The van der Waals surface area contributed by atoms with E-state index in [2.05, 4.69) is 43.0 Å². The molecule has 1 aromatic carbocycles. The lowest BCUT2D eigenvalue weighted by Crippen LogP contribution is -2.39. The molecule has 1 heterocycles. The van der Waals surface area contributed by atoms with Crippen molar-refractivity contribution in [3.05, 3.63) is 24.3 Å². The molecule has 1 atom stereocenters. The molecular formula is C15H24N2O. The Morgan fingerprint density at radius 2 is 1.89 bits per heavy atom. The van der Waals surface area contributed by atoms with Crippen LogP contribution >= 0.6 is 0 Å². The predicted octanol–water partition coefficient (Wildman–Crippen LogP) is 2.79. The first-order valence-electron chi connectivity index (χ1n) is 6.96. The number of piperidine rings is 1. The second-order valence-corrected chi connectivity index (χ2v) is 5.16. The van der Waals surface area contributed by atoms with E-state index < -0.39 is 0 Å². The van der Waals surface area contributed by atoms with Crippen LogP contribution in [-0.4, -0.2) is 25.2 Å². The second kappa shape index (κ2) is 6.10. The molecule has 0 amide bonds. The van der Waals surface area contributed by atoms with E-state index in [1.54, 1.807) is 0 Å². The lowest BCUT2D eigenvalue weighted by Gasteiger charge is -2.32. The van der Waals surface area contributed by atoms with Gasteiger partial charge in [-0.2, -0.15) is 0 Å². The number of benzene rings is 1. The molecule has 0 radical (unpaired) electrons. The molecule has 1 fully saturated rings. The van der Waals surface area contributed by atoms with E-state index in [1.165, 1.54) is 5.69 Å². The van der Waals surface area contributed by atoms with E-state index in [-0.39, 0.29) is 6.10 Å². The third-order valence-corrected chi connectivity index (χ3v) is 3.65. The average Bonchev–Trinajstić information content (AvgIpc) is 2.40. The van der Waals surface area contributed by atoms with Gasteiger partial charge in [0.05, 0.1) is 6.10 Å². The van der Waals surface area contributed by atoms with Crippen LogP contribution in [0.2, 0.25) is 0 Å². The third-order valence-electron chi connectivity index (χ3n) is 3.65. The summed E-state index contributed by atoms with van der Waals surface area (Å²) in [6.45, 7) is 6.36. The Bertz CT molecular complexity index is 355. The zero-order valence-electron chi connectivity index (χ0n) is 11.4. The van der Waals surface area contributed by atoms with Crippen LogP contribution in [0.25, 0.3) is 0 Å². The van der Waals surface area contributed by atoms with Crippen molar-refractivity contribution in [2.24, 2.45) is 5.73 Å². The van der Waals surface area contributed by atoms with Gasteiger partial charge in [0.1, 0.15) is 5.75 Å². The maximum atomic E-state index is 5.92. The summed E-state index contributed by atoms with van der Waals surface area (Å²) in [4.78, 5) is 2.40. The molecular weight excluding hydrogens is 224 g/mol. The molecule has 2 N–H and O–H groups in total. The molecule has 0 spiro atoms. The maximum absolute atomic E-state index is 5.92. The smallest absolute Gasteiger partial charge is 0.119 e. The van der Waals surface area contributed by atoms with Crippen LogP contribution in [0, 0.1) is 0 Å². The summed E-state index contributed by atoms with van der Waals surface area (Å²) in [6.07, 6.45) is 3.49. The quantitative estimate of drug-likeness (QED) is 0.890. The van der Waals surface area contributed by atoms with Crippen molar-refractivity contribution in [3.8, 4) is 5.75 Å². The fourth-order valence-corrected chi connectivity index (χ4v) is 2.21. The molecule has 2 rings (SSSR count). The third kappa shape index (κ3) is 3.39. The number of rotatable bonds is 4. The normalized spacial score (nSPS) is 18.7. The largest absolute Gasteiger partial charge is 0.491 e. The molecule has 1 aliphatic heterocycles. The highest BCUT2D eigenvalue weighted by atomic mass is 16.5. The van der Waals surface area contributed by atoms with E-state index in [4.69, 9.17) is 10.5 Å². The zero-order valence-corrected chi connectivity index (χ0v) is 11.4. The van der Waals surface area contributed by atoms with Gasteiger partial charge in [0.2, 0.25) is 0 Å². The fourth-order valence-electron chi connectivity index (χ4n) is 2.21. The van der Waals surface area contributed by atoms with Gasteiger partial charge in [-0.1, -0.05) is 6.92 Å². The van der Waals surface area contributed by atoms with Gasteiger partial charge in [0.25, 0.3) is 0 Å². The summed E-state index contributed by atoms with van der Waals surface area (Å²) >= 11 is 0. The summed E-state index contributed by atoms with van der Waals surface area (Å²) in [6, 6.07) is 8.81. The number of ether oxygens (including phenoxy) is 1. The summed E-state index contributed by atoms with van der Waals surface area (Å²) in [5.41, 5.74) is 7.20. The van der Waals surface area contributed by atoms with E-state index in [1.807, 2.05) is 0 Å². The van der Waals surface area contributed by atoms with Gasteiger partial charge >= 0.3 is 0 Å². The lowest BCUT2D eigenvalue weighted by molar-refractivity contribution is 0.217. The predicted molar refractivity (Wildman–Crippen MR) is 76.2 cm³/mol. The first kappa shape index (κ1) is 13.2. The Balaban J connectivity index is 1.95. The SMILES string of the molecule is CCC(C)Oc1ccc(N2CCC(N)CC2)cc1. The summed E-state index contributed by atoms with van der Waals surface area (Å²) in [5, 5.41) is 0. The van der Waals surface area contributed by atoms with Crippen LogP contribution in [0.3, 0.4) is 0 Å². The van der Waals surface area contributed by atoms with Crippen LogP contribution in [0.15, 0.2) is 24.3 Å². The molecule has 18 heavy (non-hydrogen) atoms. The minimum absolute atomic E-state index is 0.281. The van der Waals surface area contributed by atoms with Gasteiger partial charge in [0, 0.05) is 24.8 Å². The molecule has 1 saturated heterocycles. The van der Waals surface area contributed by atoms with E-state index in [9.17, 15) is 0 Å². The Hall–Kier alpha value is -1.22. The summed E-state index contributed by atoms with van der Waals surface area (Å²) in [7, 11) is 0. The van der Waals surface area contributed by atoms with Gasteiger partial charge in [-0.25, -0.2) is 0 Å². The number of hydrogen-bond donors (Lipinski definition) is 1. The fraction of sp³-hybridized carbons (Fsp3) is 0.600. The average molecular weight is 248 g/mol. The first-order chi connectivity index (χ1) is 8.69. The highest BCUT2D eigenvalue weighted by Crippen LogP contribution is 2.23. The van der Waals surface area contributed by atoms with E-state index in [0.717, 1.165) is 38.1 Å². The topological polar surface area (TPSA) is 38.5 Å². The van der Waals surface area contributed by atoms with Crippen molar-refractivity contribution in [2.75, 3.05) is 18.0 Å².